The largest absolute Gasteiger partial charge is 0.415 e. The molecule has 0 amide bonds. The number of hydrogen-bond acceptors (Lipinski definition) is 1. The molecule has 0 saturated heterocycles. The highest BCUT2D eigenvalue weighted by molar-refractivity contribution is 7.60. The fraction of sp³-hybridized carbons (Fsp3) is 0. The Bertz CT molecular complexity index is 321. The van der Waals surface area contributed by atoms with Gasteiger partial charge >= 0.3 is 13.9 Å². The average molecular weight is 290 g/mol. The molecule has 0 radical (unpaired) electrons. The van der Waals surface area contributed by atoms with Crippen molar-refractivity contribution in [3.8, 4) is 0 Å². The molecular formula is C6H4Cl4OSi2. The van der Waals surface area contributed by atoms with Gasteiger partial charge in [-0.3, -0.25) is 0 Å². The van der Waals surface area contributed by atoms with Crippen LogP contribution in [0.5, 0.6) is 0 Å². The van der Waals surface area contributed by atoms with Crippen molar-refractivity contribution < 1.29 is 4.12 Å². The second kappa shape index (κ2) is 3.13. The van der Waals surface area contributed by atoms with Crippen molar-refractivity contribution in [2.75, 3.05) is 0 Å². The maximum Gasteiger partial charge on any atom is 0.415 e. The lowest BCUT2D eigenvalue weighted by molar-refractivity contribution is 0.639. The van der Waals surface area contributed by atoms with E-state index >= 15 is 0 Å². The molecule has 0 unspecified atom stereocenters. The Balaban J connectivity index is 2.64. The number of rotatable bonds is 0. The molecule has 1 aliphatic rings. The van der Waals surface area contributed by atoms with Gasteiger partial charge in [0.05, 0.1) is 0 Å². The normalized spacial score (nSPS) is 22.8. The zero-order valence-corrected chi connectivity index (χ0v) is 11.3. The second-order valence-corrected chi connectivity index (χ2v) is 14.2. The van der Waals surface area contributed by atoms with Crippen molar-refractivity contribution in [1.82, 2.24) is 0 Å². The van der Waals surface area contributed by atoms with Crippen LogP contribution in [0.4, 0.5) is 0 Å². The summed E-state index contributed by atoms with van der Waals surface area (Å²) in [7, 11) is 0. The Kier molecular flexibility index (Phi) is 2.48. The van der Waals surface area contributed by atoms with Crippen LogP contribution in [0.15, 0.2) is 24.3 Å². The molecule has 1 nitrogen and oxygen atoms in total. The first kappa shape index (κ1) is 10.3. The minimum atomic E-state index is -2.85. The minimum Gasteiger partial charge on any atom is -0.404 e. The van der Waals surface area contributed by atoms with E-state index in [9.17, 15) is 0 Å². The van der Waals surface area contributed by atoms with Crippen molar-refractivity contribution in [3.63, 3.8) is 0 Å². The number of fused-ring (bicyclic) bond motifs is 1. The van der Waals surface area contributed by atoms with Gasteiger partial charge in [-0.2, -0.15) is 0 Å². The van der Waals surface area contributed by atoms with Crippen molar-refractivity contribution in [3.05, 3.63) is 24.3 Å². The van der Waals surface area contributed by atoms with Gasteiger partial charge in [0, 0.05) is 10.4 Å². The van der Waals surface area contributed by atoms with Gasteiger partial charge in [0.2, 0.25) is 0 Å². The SMILES string of the molecule is Cl[Si]1(Cl)O[Si](Cl)(Cl)c2ccccc21. The van der Waals surface area contributed by atoms with Crippen LogP contribution in [0.2, 0.25) is 0 Å². The summed E-state index contributed by atoms with van der Waals surface area (Å²) in [5, 5.41) is 1.57. The predicted octanol–water partition coefficient (Wildman–Crippen LogP) is 1.96. The second-order valence-electron chi connectivity index (χ2n) is 2.68. The van der Waals surface area contributed by atoms with Crippen molar-refractivity contribution >= 4 is 68.6 Å². The third kappa shape index (κ3) is 1.67. The summed E-state index contributed by atoms with van der Waals surface area (Å²) in [6.07, 6.45) is 0. The Hall–Kier alpha value is 0.774. The van der Waals surface area contributed by atoms with Gasteiger partial charge < -0.3 is 4.12 Å². The molecule has 13 heavy (non-hydrogen) atoms. The Morgan fingerprint density at radius 3 is 1.62 bits per heavy atom. The van der Waals surface area contributed by atoms with Gasteiger partial charge in [0.25, 0.3) is 0 Å². The zero-order valence-electron chi connectivity index (χ0n) is 6.23. The van der Waals surface area contributed by atoms with Gasteiger partial charge in [-0.1, -0.05) is 24.3 Å². The maximum absolute atomic E-state index is 6.03. The predicted molar refractivity (Wildman–Crippen MR) is 61.7 cm³/mol. The standard InChI is InChI=1S/C6H4Cl4OSi2/c7-12(8)5-3-1-2-4-6(5)13(9,10)11-12/h1-4H. The van der Waals surface area contributed by atoms with Crippen LogP contribution in [0.25, 0.3) is 0 Å². The summed E-state index contributed by atoms with van der Waals surface area (Å²) in [6, 6.07) is 7.33. The first-order chi connectivity index (χ1) is 5.93. The van der Waals surface area contributed by atoms with Gasteiger partial charge in [-0.05, 0) is 0 Å². The highest BCUT2D eigenvalue weighted by Gasteiger charge is 2.55. The van der Waals surface area contributed by atoms with E-state index in [4.69, 9.17) is 48.4 Å². The summed E-state index contributed by atoms with van der Waals surface area (Å²) in [4.78, 5) is 0. The molecule has 0 saturated carbocycles. The smallest absolute Gasteiger partial charge is 0.404 e. The lowest BCUT2D eigenvalue weighted by Crippen LogP contribution is -2.40. The summed E-state index contributed by atoms with van der Waals surface area (Å²) in [6.45, 7) is -5.71. The molecule has 2 rings (SSSR count). The molecule has 1 aliphatic heterocycles. The van der Waals surface area contributed by atoms with Crippen LogP contribution in [0.3, 0.4) is 0 Å². The van der Waals surface area contributed by atoms with E-state index in [1.165, 1.54) is 0 Å². The molecule has 0 N–H and O–H groups in total. The number of halogens is 4. The summed E-state index contributed by atoms with van der Waals surface area (Å²) >= 11 is 24.1. The third-order valence-electron chi connectivity index (χ3n) is 1.81. The summed E-state index contributed by atoms with van der Waals surface area (Å²) < 4.78 is 5.35. The van der Waals surface area contributed by atoms with Crippen LogP contribution in [-0.4, -0.2) is 13.9 Å². The van der Waals surface area contributed by atoms with E-state index in [2.05, 4.69) is 0 Å². The molecular weight excluding hydrogens is 286 g/mol. The number of benzene rings is 1. The highest BCUT2D eigenvalue weighted by Crippen LogP contribution is 2.32. The first-order valence-corrected chi connectivity index (χ1v) is 11.4. The Morgan fingerprint density at radius 1 is 0.846 bits per heavy atom. The van der Waals surface area contributed by atoms with E-state index in [0.717, 1.165) is 10.4 Å². The topological polar surface area (TPSA) is 9.23 Å². The molecule has 1 heterocycles. The number of hydrogen-bond donors (Lipinski definition) is 0. The van der Waals surface area contributed by atoms with Crippen LogP contribution in [0.1, 0.15) is 0 Å². The van der Waals surface area contributed by atoms with Gasteiger partial charge in [-0.15, -0.1) is 44.3 Å². The lowest BCUT2D eigenvalue weighted by atomic mass is 10.4. The summed E-state index contributed by atoms with van der Waals surface area (Å²) in [5.74, 6) is 0. The molecule has 0 aromatic heterocycles. The first-order valence-electron chi connectivity index (χ1n) is 3.49. The van der Waals surface area contributed by atoms with Crippen molar-refractivity contribution in [2.45, 2.75) is 0 Å². The van der Waals surface area contributed by atoms with E-state index in [1.807, 2.05) is 24.3 Å². The fourth-order valence-corrected chi connectivity index (χ4v) is 14.4. The third-order valence-corrected chi connectivity index (χ3v) is 11.5. The van der Waals surface area contributed by atoms with Crippen LogP contribution < -0.4 is 10.4 Å². The van der Waals surface area contributed by atoms with E-state index in [0.29, 0.717) is 0 Å². The average Bonchev–Trinajstić information content (AvgIpc) is 2.20. The molecule has 0 spiro atoms. The van der Waals surface area contributed by atoms with Crippen molar-refractivity contribution in [2.24, 2.45) is 0 Å². The Morgan fingerprint density at radius 2 is 1.23 bits per heavy atom. The van der Waals surface area contributed by atoms with Crippen LogP contribution in [0, 0.1) is 0 Å². The van der Waals surface area contributed by atoms with Gasteiger partial charge in [0.1, 0.15) is 0 Å². The van der Waals surface area contributed by atoms with E-state index in [-0.39, 0.29) is 0 Å². The van der Waals surface area contributed by atoms with E-state index < -0.39 is 13.9 Å². The Labute approximate surface area is 96.6 Å². The van der Waals surface area contributed by atoms with Crippen LogP contribution in [-0.2, 0) is 4.12 Å². The molecule has 7 heteroatoms. The maximum atomic E-state index is 6.03. The fourth-order valence-electron chi connectivity index (χ4n) is 1.26. The van der Waals surface area contributed by atoms with Gasteiger partial charge in [0.15, 0.2) is 0 Å². The zero-order chi connectivity index (χ0) is 9.69. The minimum absolute atomic E-state index is 0.787. The molecule has 1 aromatic rings. The molecule has 70 valence electrons. The molecule has 1 aromatic carbocycles. The molecule has 0 bridgehead atoms. The van der Waals surface area contributed by atoms with Crippen LogP contribution >= 0.6 is 44.3 Å². The summed E-state index contributed by atoms with van der Waals surface area (Å²) in [5.41, 5.74) is 0. The molecule has 0 aliphatic carbocycles. The van der Waals surface area contributed by atoms with Gasteiger partial charge in [-0.25, -0.2) is 0 Å². The monoisotopic (exact) mass is 288 g/mol. The molecule has 0 atom stereocenters. The lowest BCUT2D eigenvalue weighted by Gasteiger charge is -2.12. The highest BCUT2D eigenvalue weighted by atomic mass is 35.7. The quantitative estimate of drug-likeness (QED) is 0.524. The van der Waals surface area contributed by atoms with E-state index in [1.54, 1.807) is 0 Å². The van der Waals surface area contributed by atoms with Crippen molar-refractivity contribution in [1.29, 1.82) is 0 Å². The molecule has 0 fully saturated rings.